The smallest absolute Gasteiger partial charge is 0.0896 e. The molecule has 3 aliphatic rings. The van der Waals surface area contributed by atoms with Crippen LogP contribution in [0.3, 0.4) is 0 Å². The van der Waals surface area contributed by atoms with Gasteiger partial charge in [-0.2, -0.15) is 10.2 Å². The van der Waals surface area contributed by atoms with Crippen LogP contribution in [-0.2, 0) is 6.42 Å². The van der Waals surface area contributed by atoms with E-state index in [4.69, 9.17) is 0 Å². The second-order valence-corrected chi connectivity index (χ2v) is 7.85. The molecular weight excluding hydrogens is 356 g/mol. The third kappa shape index (κ3) is 3.39. The Hall–Kier alpha value is -3.14. The lowest BCUT2D eigenvalue weighted by molar-refractivity contribution is 0.939. The molecule has 1 aliphatic carbocycles. The fourth-order valence-electron chi connectivity index (χ4n) is 4.49. The van der Waals surface area contributed by atoms with Crippen LogP contribution in [0.4, 0.5) is 17.1 Å². The van der Waals surface area contributed by atoms with Crippen LogP contribution < -0.4 is 9.80 Å². The number of anilines is 2. The summed E-state index contributed by atoms with van der Waals surface area (Å²) in [6, 6.07) is 12.8. The van der Waals surface area contributed by atoms with Crippen molar-refractivity contribution in [2.75, 3.05) is 29.9 Å². The van der Waals surface area contributed by atoms with E-state index >= 15 is 0 Å². The molecule has 0 saturated carbocycles. The van der Waals surface area contributed by atoms with Gasteiger partial charge in [-0.3, -0.25) is 0 Å². The molecule has 4 heteroatoms. The molecule has 0 spiro atoms. The van der Waals surface area contributed by atoms with Crippen molar-refractivity contribution in [2.24, 2.45) is 10.2 Å². The van der Waals surface area contributed by atoms with Gasteiger partial charge in [0.2, 0.25) is 0 Å². The van der Waals surface area contributed by atoms with Gasteiger partial charge in [0.25, 0.3) is 0 Å². The number of nitrogens with zero attached hydrogens (tertiary/aromatic N) is 4. The Kier molecular flexibility index (Phi) is 4.76. The topological polar surface area (TPSA) is 31.2 Å². The zero-order valence-electron chi connectivity index (χ0n) is 16.9. The van der Waals surface area contributed by atoms with Crippen molar-refractivity contribution in [2.45, 2.75) is 25.7 Å². The first-order chi connectivity index (χ1) is 14.3. The summed E-state index contributed by atoms with van der Waals surface area (Å²) in [7, 11) is 2.07. The summed E-state index contributed by atoms with van der Waals surface area (Å²) in [5.74, 6) is 0. The van der Waals surface area contributed by atoms with Gasteiger partial charge in [-0.25, -0.2) is 0 Å². The summed E-state index contributed by atoms with van der Waals surface area (Å²) >= 11 is 0. The van der Waals surface area contributed by atoms with Crippen molar-refractivity contribution in [1.82, 2.24) is 0 Å². The highest BCUT2D eigenvalue weighted by molar-refractivity contribution is 5.77. The van der Waals surface area contributed by atoms with Crippen LogP contribution in [0.5, 0.6) is 0 Å². The molecule has 0 bridgehead atoms. The van der Waals surface area contributed by atoms with Crippen molar-refractivity contribution in [1.29, 1.82) is 0 Å². The summed E-state index contributed by atoms with van der Waals surface area (Å²) < 4.78 is 0. The Morgan fingerprint density at radius 2 is 1.79 bits per heavy atom. The van der Waals surface area contributed by atoms with E-state index in [-0.39, 0.29) is 0 Å². The van der Waals surface area contributed by atoms with E-state index in [0.29, 0.717) is 0 Å². The highest BCUT2D eigenvalue weighted by atomic mass is 15.2. The Bertz CT molecular complexity index is 1040. The molecule has 1 saturated heterocycles. The molecule has 1 fully saturated rings. The number of allylic oxidation sites excluding steroid dienone is 2. The molecule has 2 aromatic carbocycles. The molecule has 2 heterocycles. The van der Waals surface area contributed by atoms with Crippen molar-refractivity contribution in [3.05, 3.63) is 77.1 Å². The van der Waals surface area contributed by atoms with E-state index in [1.807, 2.05) is 6.20 Å². The predicted octanol–water partition coefficient (Wildman–Crippen LogP) is 6.33. The molecule has 0 N–H and O–H groups in total. The molecule has 29 heavy (non-hydrogen) atoms. The molecule has 0 unspecified atom stereocenters. The quantitative estimate of drug-likeness (QED) is 0.580. The normalized spacial score (nSPS) is 19.3. The van der Waals surface area contributed by atoms with E-state index in [9.17, 15) is 0 Å². The zero-order valence-corrected chi connectivity index (χ0v) is 16.9. The molecule has 5 rings (SSSR count). The van der Waals surface area contributed by atoms with Gasteiger partial charge in [0, 0.05) is 37.1 Å². The maximum Gasteiger partial charge on any atom is 0.0896 e. The van der Waals surface area contributed by atoms with Gasteiger partial charge in [-0.1, -0.05) is 36.4 Å². The molecule has 0 amide bonds. The minimum atomic E-state index is 0.993. The van der Waals surface area contributed by atoms with Crippen LogP contribution in [-0.4, -0.2) is 20.1 Å². The molecule has 2 aliphatic heterocycles. The number of azo groups is 1. The molecule has 146 valence electrons. The monoisotopic (exact) mass is 382 g/mol. The number of hydrogen-bond acceptors (Lipinski definition) is 4. The molecule has 0 aromatic heterocycles. The number of para-hydroxylation sites is 1. The third-order valence-corrected chi connectivity index (χ3v) is 6.08. The summed E-state index contributed by atoms with van der Waals surface area (Å²) in [6.45, 7) is 2.32. The van der Waals surface area contributed by atoms with E-state index in [2.05, 4.69) is 87.8 Å². The summed E-state index contributed by atoms with van der Waals surface area (Å²) in [6.07, 6.45) is 15.3. The maximum atomic E-state index is 4.61. The third-order valence-electron chi connectivity index (χ3n) is 6.08. The van der Waals surface area contributed by atoms with Gasteiger partial charge >= 0.3 is 0 Å². The van der Waals surface area contributed by atoms with Gasteiger partial charge in [-0.15, -0.1) is 0 Å². The first-order valence-corrected chi connectivity index (χ1v) is 10.5. The van der Waals surface area contributed by atoms with Crippen LogP contribution >= 0.6 is 0 Å². The van der Waals surface area contributed by atoms with Crippen LogP contribution in [0.15, 0.2) is 70.7 Å². The highest BCUT2D eigenvalue weighted by Gasteiger charge is 2.20. The average Bonchev–Trinajstić information content (AvgIpc) is 3.30. The van der Waals surface area contributed by atoms with E-state index < -0.39 is 0 Å². The Labute approximate surface area is 172 Å². The first-order valence-electron chi connectivity index (χ1n) is 10.5. The van der Waals surface area contributed by atoms with Crippen molar-refractivity contribution in [3.63, 3.8) is 0 Å². The average molecular weight is 383 g/mol. The van der Waals surface area contributed by atoms with Crippen LogP contribution in [0, 0.1) is 0 Å². The van der Waals surface area contributed by atoms with Crippen molar-refractivity contribution in [3.8, 4) is 0 Å². The number of fused-ring (bicyclic) bond motifs is 2. The minimum Gasteiger partial charge on any atom is -0.371 e. The SMILES string of the molecule is CN1/C(=C/N=Nc2ccc(N3CCCC3)c3c2CCC=C3)C=Cc2ccccc21. The fourth-order valence-corrected chi connectivity index (χ4v) is 4.49. The summed E-state index contributed by atoms with van der Waals surface area (Å²) in [4.78, 5) is 4.67. The Morgan fingerprint density at radius 1 is 0.931 bits per heavy atom. The van der Waals surface area contributed by atoms with Crippen LogP contribution in [0.1, 0.15) is 36.0 Å². The van der Waals surface area contributed by atoms with Crippen molar-refractivity contribution < 1.29 is 0 Å². The van der Waals surface area contributed by atoms with Crippen molar-refractivity contribution >= 4 is 29.2 Å². The lowest BCUT2D eigenvalue weighted by Crippen LogP contribution is -2.19. The van der Waals surface area contributed by atoms with Gasteiger partial charge < -0.3 is 9.80 Å². The fraction of sp³-hybridized carbons (Fsp3) is 0.280. The Morgan fingerprint density at radius 3 is 2.69 bits per heavy atom. The largest absolute Gasteiger partial charge is 0.371 e. The summed E-state index contributed by atoms with van der Waals surface area (Å²) in [5, 5.41) is 9.06. The van der Waals surface area contributed by atoms with Gasteiger partial charge in [0.1, 0.15) is 0 Å². The summed E-state index contributed by atoms with van der Waals surface area (Å²) in [5.41, 5.74) is 8.47. The van der Waals surface area contributed by atoms with Gasteiger partial charge in [0.05, 0.1) is 17.6 Å². The second kappa shape index (κ2) is 7.70. The minimum absolute atomic E-state index is 0.993. The van der Waals surface area contributed by atoms with Gasteiger partial charge in [-0.05, 0) is 61.1 Å². The first kappa shape index (κ1) is 17.9. The number of hydrogen-bond donors (Lipinski definition) is 0. The second-order valence-electron chi connectivity index (χ2n) is 7.85. The maximum absolute atomic E-state index is 4.61. The highest BCUT2D eigenvalue weighted by Crippen LogP contribution is 2.37. The van der Waals surface area contributed by atoms with Crippen LogP contribution in [0.2, 0.25) is 0 Å². The van der Waals surface area contributed by atoms with E-state index in [1.54, 1.807) is 0 Å². The zero-order chi connectivity index (χ0) is 19.6. The van der Waals surface area contributed by atoms with E-state index in [1.165, 1.54) is 40.9 Å². The Balaban J connectivity index is 1.43. The number of benzene rings is 2. The lowest BCUT2D eigenvalue weighted by atomic mass is 9.94. The van der Waals surface area contributed by atoms with Gasteiger partial charge in [0.15, 0.2) is 0 Å². The number of rotatable bonds is 3. The molecule has 0 radical (unpaired) electrons. The molecule has 0 atom stereocenters. The van der Waals surface area contributed by atoms with E-state index in [0.717, 1.165) is 37.3 Å². The predicted molar refractivity (Wildman–Crippen MR) is 122 cm³/mol. The van der Waals surface area contributed by atoms with Crippen LogP contribution in [0.25, 0.3) is 12.2 Å². The lowest BCUT2D eigenvalue weighted by Gasteiger charge is -2.25. The molecule has 4 nitrogen and oxygen atoms in total. The molecular formula is C25H26N4. The standard InChI is InChI=1S/C25H26N4/c1-28-20(13-12-19-8-2-5-11-24(19)28)18-26-27-23-14-15-25(29-16-6-7-17-29)22-10-4-3-9-21(22)23/h2,4-5,8,10-15,18H,3,6-7,9,16-17H2,1H3/b20-18+,27-26?. The number of likely N-dealkylation sites (N-methyl/N-ethyl adjacent to an activating group) is 1. The molecule has 2 aromatic rings.